The molecule has 0 N–H and O–H groups in total. The molecule has 1 nitrogen and oxygen atoms in total. The smallest absolute Gasteiger partial charge is 0.118 e. The molecule has 0 fully saturated rings. The molecule has 0 bridgehead atoms. The third-order valence-electron chi connectivity index (χ3n) is 7.25. The highest BCUT2D eigenvalue weighted by atomic mass is 16.5. The lowest BCUT2D eigenvalue weighted by molar-refractivity contribution is 0.415. The van der Waals surface area contributed by atoms with Gasteiger partial charge in [0.05, 0.1) is 7.11 Å². The fourth-order valence-electron chi connectivity index (χ4n) is 4.02. The van der Waals surface area contributed by atoms with E-state index in [9.17, 15) is 0 Å². The monoisotopic (exact) mass is 652 g/mol. The average molecular weight is 653 g/mol. The second-order valence-corrected chi connectivity index (χ2v) is 12.9. The van der Waals surface area contributed by atoms with Gasteiger partial charge in [0, 0.05) is 0 Å². The van der Waals surface area contributed by atoms with Gasteiger partial charge in [0.15, 0.2) is 0 Å². The first-order valence-electron chi connectivity index (χ1n) is 17.2. The first-order valence-corrected chi connectivity index (χ1v) is 17.2. The summed E-state index contributed by atoms with van der Waals surface area (Å²) in [5.74, 6) is 0.910. The zero-order valence-corrected chi connectivity index (χ0v) is 31.8. The predicted molar refractivity (Wildman–Crippen MR) is 217 cm³/mol. The Morgan fingerprint density at radius 3 is 0.878 bits per heavy atom. The molecule has 6 rings (SSSR count). The van der Waals surface area contributed by atoms with Gasteiger partial charge in [-0.15, -0.1) is 0 Å². The Bertz CT molecular complexity index is 1460. The summed E-state index contributed by atoms with van der Waals surface area (Å²) in [4.78, 5) is 0. The highest BCUT2D eigenvalue weighted by molar-refractivity contribution is 5.23. The van der Waals surface area contributed by atoms with Gasteiger partial charge in [-0.3, -0.25) is 0 Å². The molecular weight excluding hydrogens is 593 g/mol. The van der Waals surface area contributed by atoms with Gasteiger partial charge in [0.2, 0.25) is 0 Å². The van der Waals surface area contributed by atoms with Crippen molar-refractivity contribution in [1.29, 1.82) is 0 Å². The molecule has 0 radical (unpaired) electrons. The molecule has 1 heteroatoms. The first kappa shape index (κ1) is 42.1. The summed E-state index contributed by atoms with van der Waals surface area (Å²) in [6.45, 7) is 19.3. The fourth-order valence-corrected chi connectivity index (χ4v) is 4.02. The largest absolute Gasteiger partial charge is 0.497 e. The lowest BCUT2D eigenvalue weighted by Gasteiger charge is -2.18. The van der Waals surface area contributed by atoms with Crippen molar-refractivity contribution in [3.8, 4) is 5.75 Å². The molecule has 49 heavy (non-hydrogen) atoms. The van der Waals surface area contributed by atoms with Crippen LogP contribution in [0.1, 0.15) is 66.6 Å². The Kier molecular flexibility index (Phi) is 21.7. The maximum atomic E-state index is 4.91. The van der Waals surface area contributed by atoms with Gasteiger partial charge in [-0.1, -0.05) is 213 Å². The molecule has 258 valence electrons. The summed E-state index contributed by atoms with van der Waals surface area (Å²) in [6, 6.07) is 57.9. The number of para-hydroxylation sites is 1. The predicted octanol–water partition coefficient (Wildman–Crippen LogP) is 13.5. The number of rotatable bonds is 2. The van der Waals surface area contributed by atoms with Crippen molar-refractivity contribution in [2.75, 3.05) is 7.11 Å². The number of benzene rings is 6. The molecule has 0 aliphatic heterocycles. The van der Waals surface area contributed by atoms with E-state index in [1.165, 1.54) is 38.9 Å². The van der Waals surface area contributed by atoms with Crippen LogP contribution in [0.5, 0.6) is 5.75 Å². The number of aryl methyl sites for hydroxylation is 6. The van der Waals surface area contributed by atoms with Crippen molar-refractivity contribution in [2.45, 2.75) is 74.1 Å². The van der Waals surface area contributed by atoms with E-state index in [0.29, 0.717) is 5.41 Å². The van der Waals surface area contributed by atoms with Crippen LogP contribution in [0.15, 0.2) is 170 Å². The fraction of sp³-hybridized carbons (Fsp3) is 0.250. The number of hydrogen-bond donors (Lipinski definition) is 0. The van der Waals surface area contributed by atoms with E-state index >= 15 is 0 Å². The van der Waals surface area contributed by atoms with Crippen molar-refractivity contribution >= 4 is 0 Å². The lowest BCUT2D eigenvalue weighted by Crippen LogP contribution is -2.10. The maximum Gasteiger partial charge on any atom is 0.118 e. The SMILES string of the molecule is CC(C)(C)c1ccccc1.CCc1ccccc1.COc1ccccc1.Cc1ccc(C)cc1.Cc1ccc(C)cc1.Cc1ccccc1. The van der Waals surface area contributed by atoms with Crippen molar-refractivity contribution in [3.05, 3.63) is 209 Å². The minimum Gasteiger partial charge on any atom is -0.497 e. The van der Waals surface area contributed by atoms with Crippen LogP contribution in [0.25, 0.3) is 0 Å². The molecule has 0 saturated carbocycles. The van der Waals surface area contributed by atoms with E-state index in [-0.39, 0.29) is 0 Å². The van der Waals surface area contributed by atoms with Crippen molar-refractivity contribution in [3.63, 3.8) is 0 Å². The molecule has 0 aliphatic rings. The van der Waals surface area contributed by atoms with Crippen LogP contribution in [-0.2, 0) is 11.8 Å². The molecule has 0 saturated heterocycles. The van der Waals surface area contributed by atoms with Crippen LogP contribution in [0.4, 0.5) is 0 Å². The Balaban J connectivity index is 0.000000295. The Morgan fingerprint density at radius 1 is 0.388 bits per heavy atom. The lowest BCUT2D eigenvalue weighted by atomic mass is 9.87. The van der Waals surface area contributed by atoms with Crippen LogP contribution in [0.3, 0.4) is 0 Å². The van der Waals surface area contributed by atoms with E-state index in [1.54, 1.807) is 7.11 Å². The molecule has 6 aromatic rings. The number of hydrogen-bond acceptors (Lipinski definition) is 1. The van der Waals surface area contributed by atoms with Gasteiger partial charge >= 0.3 is 0 Å². The highest BCUT2D eigenvalue weighted by Gasteiger charge is 2.11. The minimum atomic E-state index is 0.293. The van der Waals surface area contributed by atoms with Crippen LogP contribution >= 0.6 is 0 Å². The molecule has 0 aromatic heterocycles. The maximum absolute atomic E-state index is 4.91. The van der Waals surface area contributed by atoms with Crippen molar-refractivity contribution in [1.82, 2.24) is 0 Å². The standard InChI is InChI=1S/C10H14.3C8H10.C7H8O.C7H8/c1-10(2,3)9-7-5-4-6-8-9;2*1-7-3-5-8(2)6-4-7;1-2-8-6-4-3-5-7-8;1-8-7-5-3-2-4-6-7;1-7-5-3-2-4-6-7/h4-8H,1-3H3;2*3-6H,1-2H3;3-7H,2H2,1H3;2-6H,1H3;2-6H,1H3. The Labute approximate surface area is 299 Å². The van der Waals surface area contributed by atoms with Gasteiger partial charge in [-0.05, 0) is 69.7 Å². The van der Waals surface area contributed by atoms with Crippen LogP contribution in [0.2, 0.25) is 0 Å². The van der Waals surface area contributed by atoms with Crippen LogP contribution in [-0.4, -0.2) is 7.11 Å². The van der Waals surface area contributed by atoms with Gasteiger partial charge in [-0.25, -0.2) is 0 Å². The highest BCUT2D eigenvalue weighted by Crippen LogP contribution is 2.20. The molecule has 0 amide bonds. The van der Waals surface area contributed by atoms with Crippen LogP contribution < -0.4 is 4.74 Å². The summed E-state index contributed by atoms with van der Waals surface area (Å²) in [7, 11) is 1.66. The topological polar surface area (TPSA) is 9.23 Å². The normalized spacial score (nSPS) is 9.51. The molecule has 0 atom stereocenters. The van der Waals surface area contributed by atoms with Crippen molar-refractivity contribution in [2.24, 2.45) is 0 Å². The zero-order chi connectivity index (χ0) is 36.3. The zero-order valence-electron chi connectivity index (χ0n) is 31.8. The van der Waals surface area contributed by atoms with Gasteiger partial charge < -0.3 is 4.74 Å². The average Bonchev–Trinajstić information content (AvgIpc) is 3.13. The Hall–Kier alpha value is -4.88. The van der Waals surface area contributed by atoms with Crippen LogP contribution in [0, 0.1) is 34.6 Å². The van der Waals surface area contributed by atoms with Gasteiger partial charge in [0.25, 0.3) is 0 Å². The molecule has 0 heterocycles. The van der Waals surface area contributed by atoms with Crippen molar-refractivity contribution < 1.29 is 4.74 Å². The van der Waals surface area contributed by atoms with E-state index in [2.05, 4.69) is 178 Å². The third-order valence-corrected chi connectivity index (χ3v) is 7.25. The van der Waals surface area contributed by atoms with E-state index in [4.69, 9.17) is 4.74 Å². The molecule has 0 spiro atoms. The van der Waals surface area contributed by atoms with Gasteiger partial charge in [0.1, 0.15) is 5.75 Å². The first-order chi connectivity index (χ1) is 23.4. The second kappa shape index (κ2) is 25.2. The third kappa shape index (κ3) is 22.3. The Morgan fingerprint density at radius 2 is 0.673 bits per heavy atom. The van der Waals surface area contributed by atoms with E-state index in [1.807, 2.05) is 54.6 Å². The molecule has 0 unspecified atom stereocenters. The summed E-state index contributed by atoms with van der Waals surface area (Å²) >= 11 is 0. The summed E-state index contributed by atoms with van der Waals surface area (Å²) < 4.78 is 4.91. The molecule has 0 aliphatic carbocycles. The quantitative estimate of drug-likeness (QED) is 0.181. The number of methoxy groups -OCH3 is 1. The van der Waals surface area contributed by atoms with E-state index in [0.717, 1.165) is 12.2 Å². The summed E-state index contributed by atoms with van der Waals surface area (Å²) in [5.41, 5.74) is 9.74. The second-order valence-electron chi connectivity index (χ2n) is 12.9. The van der Waals surface area contributed by atoms with E-state index < -0.39 is 0 Å². The minimum absolute atomic E-state index is 0.293. The molecular formula is C48H60O. The number of ether oxygens (including phenoxy) is 1. The van der Waals surface area contributed by atoms with Gasteiger partial charge in [-0.2, -0.15) is 0 Å². The molecule has 6 aromatic carbocycles. The summed E-state index contributed by atoms with van der Waals surface area (Å²) in [5, 5.41) is 0. The summed E-state index contributed by atoms with van der Waals surface area (Å²) in [6.07, 6.45) is 1.14.